The first-order valence-electron chi connectivity index (χ1n) is 11.3. The third kappa shape index (κ3) is 5.00. The molecule has 0 aliphatic carbocycles. The van der Waals surface area contributed by atoms with E-state index >= 15 is 0 Å². The van der Waals surface area contributed by atoms with Gasteiger partial charge >= 0.3 is 0 Å². The summed E-state index contributed by atoms with van der Waals surface area (Å²) in [5.41, 5.74) is 5.41. The number of hydrogen-bond donors (Lipinski definition) is 1. The second kappa shape index (κ2) is 9.77. The zero-order chi connectivity index (χ0) is 23.4. The molecule has 4 rings (SSSR count). The van der Waals surface area contributed by atoms with Gasteiger partial charge in [-0.1, -0.05) is 50.6 Å². The average Bonchev–Trinajstić information content (AvgIpc) is 3.48. The van der Waals surface area contributed by atoms with Gasteiger partial charge in [-0.2, -0.15) is 9.78 Å². The van der Waals surface area contributed by atoms with E-state index in [1.165, 1.54) is 5.56 Å². The molecule has 0 spiro atoms. The molecule has 0 bridgehead atoms. The number of benzene rings is 2. The average molecular weight is 444 g/mol. The second-order valence-electron chi connectivity index (χ2n) is 8.47. The molecule has 1 N–H and O–H groups in total. The standard InChI is InChI=1S/C25H29N7O/c1-5-12-31-22(10-11-27-31)16-26-25(33)21-13-20(19-8-6-18(4)7-9-19)14-23(15-21)32-24(17(2)3)28-29-30-32/h6-11,13-15,17H,5,12,16H2,1-4H3,(H,26,33). The van der Waals surface area contributed by atoms with Crippen LogP contribution in [0.25, 0.3) is 16.8 Å². The minimum Gasteiger partial charge on any atom is -0.346 e. The minimum absolute atomic E-state index is 0.138. The van der Waals surface area contributed by atoms with Crippen molar-refractivity contribution in [2.45, 2.75) is 53.1 Å². The Hall–Kier alpha value is -3.81. The van der Waals surface area contributed by atoms with E-state index < -0.39 is 0 Å². The summed E-state index contributed by atoms with van der Waals surface area (Å²) in [4.78, 5) is 13.2. The third-order valence-corrected chi connectivity index (χ3v) is 5.49. The summed E-state index contributed by atoms with van der Waals surface area (Å²) in [6.45, 7) is 9.47. The van der Waals surface area contributed by atoms with E-state index in [4.69, 9.17) is 0 Å². The van der Waals surface area contributed by atoms with Gasteiger partial charge in [0.25, 0.3) is 5.91 Å². The number of aromatic nitrogens is 6. The number of tetrazole rings is 1. The Morgan fingerprint density at radius 3 is 2.58 bits per heavy atom. The lowest BCUT2D eigenvalue weighted by Crippen LogP contribution is -2.24. The summed E-state index contributed by atoms with van der Waals surface area (Å²) in [6.07, 6.45) is 2.74. The van der Waals surface area contributed by atoms with Crippen LogP contribution < -0.4 is 5.32 Å². The molecule has 2 aromatic heterocycles. The fourth-order valence-corrected chi connectivity index (χ4v) is 3.71. The summed E-state index contributed by atoms with van der Waals surface area (Å²) in [5, 5.41) is 19.6. The molecular formula is C25H29N7O. The van der Waals surface area contributed by atoms with Crippen LogP contribution in [-0.2, 0) is 13.1 Å². The first-order valence-corrected chi connectivity index (χ1v) is 11.3. The zero-order valence-electron chi connectivity index (χ0n) is 19.5. The van der Waals surface area contributed by atoms with E-state index in [0.29, 0.717) is 12.1 Å². The Kier molecular flexibility index (Phi) is 6.63. The van der Waals surface area contributed by atoms with Crippen molar-refractivity contribution in [1.29, 1.82) is 0 Å². The van der Waals surface area contributed by atoms with Gasteiger partial charge in [-0.3, -0.25) is 9.48 Å². The molecule has 0 aliphatic heterocycles. The van der Waals surface area contributed by atoms with Crippen molar-refractivity contribution in [1.82, 2.24) is 35.3 Å². The Balaban J connectivity index is 1.69. The molecule has 0 aliphatic rings. The van der Waals surface area contributed by atoms with Crippen LogP contribution >= 0.6 is 0 Å². The van der Waals surface area contributed by atoms with Gasteiger partial charge in [0.15, 0.2) is 5.82 Å². The number of carbonyl (C=O) groups excluding carboxylic acids is 1. The highest BCUT2D eigenvalue weighted by Crippen LogP contribution is 2.26. The van der Waals surface area contributed by atoms with Crippen LogP contribution in [0.1, 0.15) is 60.5 Å². The van der Waals surface area contributed by atoms with Crippen LogP contribution in [0.2, 0.25) is 0 Å². The van der Waals surface area contributed by atoms with Crippen molar-refractivity contribution < 1.29 is 4.79 Å². The van der Waals surface area contributed by atoms with Crippen molar-refractivity contribution in [3.63, 3.8) is 0 Å². The summed E-state index contributed by atoms with van der Waals surface area (Å²) in [6, 6.07) is 15.9. The van der Waals surface area contributed by atoms with Crippen molar-refractivity contribution in [3.8, 4) is 16.8 Å². The molecule has 0 saturated carbocycles. The van der Waals surface area contributed by atoms with Gasteiger partial charge in [-0.15, -0.1) is 5.10 Å². The zero-order valence-corrected chi connectivity index (χ0v) is 19.5. The first-order chi connectivity index (χ1) is 16.0. The number of aryl methyl sites for hydroxylation is 2. The topological polar surface area (TPSA) is 90.5 Å². The van der Waals surface area contributed by atoms with E-state index in [1.54, 1.807) is 10.9 Å². The van der Waals surface area contributed by atoms with Crippen LogP contribution in [0.5, 0.6) is 0 Å². The molecule has 4 aromatic rings. The molecule has 8 nitrogen and oxygen atoms in total. The van der Waals surface area contributed by atoms with Crippen molar-refractivity contribution >= 4 is 5.91 Å². The summed E-state index contributed by atoms with van der Waals surface area (Å²) < 4.78 is 3.62. The summed E-state index contributed by atoms with van der Waals surface area (Å²) >= 11 is 0. The van der Waals surface area contributed by atoms with Gasteiger partial charge in [0.1, 0.15) is 0 Å². The van der Waals surface area contributed by atoms with Gasteiger partial charge in [-0.25, -0.2) is 0 Å². The number of nitrogens with one attached hydrogen (secondary N) is 1. The maximum Gasteiger partial charge on any atom is 0.251 e. The SMILES string of the molecule is CCCn1nccc1CNC(=O)c1cc(-c2ccc(C)cc2)cc(-n2nnnc2C(C)C)c1. The van der Waals surface area contributed by atoms with Crippen LogP contribution in [0.4, 0.5) is 0 Å². The molecule has 0 unspecified atom stereocenters. The van der Waals surface area contributed by atoms with Crippen molar-refractivity contribution in [2.75, 3.05) is 0 Å². The number of rotatable bonds is 8. The Bertz CT molecular complexity index is 1240. The Labute approximate surface area is 193 Å². The fraction of sp³-hybridized carbons (Fsp3) is 0.320. The second-order valence-corrected chi connectivity index (χ2v) is 8.47. The fourth-order valence-electron chi connectivity index (χ4n) is 3.71. The summed E-state index contributed by atoms with van der Waals surface area (Å²) in [5.74, 6) is 0.721. The molecule has 8 heteroatoms. The molecule has 0 atom stereocenters. The van der Waals surface area contributed by atoms with Crippen molar-refractivity contribution in [3.05, 3.63) is 77.4 Å². The van der Waals surface area contributed by atoms with Gasteiger partial charge in [-0.05, 0) is 59.2 Å². The molecule has 170 valence electrons. The predicted molar refractivity (Wildman–Crippen MR) is 127 cm³/mol. The minimum atomic E-state index is -0.159. The van der Waals surface area contributed by atoms with Crippen LogP contribution in [0.3, 0.4) is 0 Å². The van der Waals surface area contributed by atoms with Gasteiger partial charge in [0.2, 0.25) is 0 Å². The molecule has 0 saturated heterocycles. The summed E-state index contributed by atoms with van der Waals surface area (Å²) in [7, 11) is 0. The van der Waals surface area contributed by atoms with E-state index in [-0.39, 0.29) is 11.8 Å². The molecule has 2 aromatic carbocycles. The van der Waals surface area contributed by atoms with Gasteiger partial charge < -0.3 is 5.32 Å². The Morgan fingerprint density at radius 1 is 1.06 bits per heavy atom. The largest absolute Gasteiger partial charge is 0.346 e. The number of nitrogens with zero attached hydrogens (tertiary/aromatic N) is 6. The number of hydrogen-bond acceptors (Lipinski definition) is 5. The number of carbonyl (C=O) groups is 1. The van der Waals surface area contributed by atoms with Gasteiger partial charge in [0.05, 0.1) is 17.9 Å². The maximum absolute atomic E-state index is 13.2. The third-order valence-electron chi connectivity index (χ3n) is 5.49. The smallest absolute Gasteiger partial charge is 0.251 e. The lowest BCUT2D eigenvalue weighted by molar-refractivity contribution is 0.0950. The Morgan fingerprint density at radius 2 is 1.85 bits per heavy atom. The monoisotopic (exact) mass is 443 g/mol. The van der Waals surface area contributed by atoms with E-state index in [0.717, 1.165) is 41.3 Å². The highest BCUT2D eigenvalue weighted by molar-refractivity contribution is 5.96. The molecule has 2 heterocycles. The molecular weight excluding hydrogens is 414 g/mol. The molecule has 0 fully saturated rings. The van der Waals surface area contributed by atoms with E-state index in [2.05, 4.69) is 64.1 Å². The highest BCUT2D eigenvalue weighted by Gasteiger charge is 2.16. The highest BCUT2D eigenvalue weighted by atomic mass is 16.1. The molecule has 33 heavy (non-hydrogen) atoms. The lowest BCUT2D eigenvalue weighted by atomic mass is 10.0. The normalized spacial score (nSPS) is 11.2. The lowest BCUT2D eigenvalue weighted by Gasteiger charge is -2.13. The predicted octanol–water partition coefficient (Wildman–Crippen LogP) is 4.30. The van der Waals surface area contributed by atoms with E-state index in [9.17, 15) is 4.79 Å². The maximum atomic E-state index is 13.2. The van der Waals surface area contributed by atoms with Crippen LogP contribution in [-0.4, -0.2) is 35.9 Å². The molecule has 1 amide bonds. The number of amides is 1. The quantitative estimate of drug-likeness (QED) is 0.438. The van der Waals surface area contributed by atoms with Crippen LogP contribution in [0.15, 0.2) is 54.7 Å². The van der Waals surface area contributed by atoms with Crippen molar-refractivity contribution in [2.24, 2.45) is 0 Å². The van der Waals surface area contributed by atoms with E-state index in [1.807, 2.05) is 42.8 Å². The van der Waals surface area contributed by atoms with Gasteiger partial charge in [0, 0.05) is 24.2 Å². The molecule has 0 radical (unpaired) electrons. The van der Waals surface area contributed by atoms with Crippen LogP contribution in [0, 0.1) is 6.92 Å². The first kappa shape index (κ1) is 22.4.